The second-order valence-corrected chi connectivity index (χ2v) is 10.7. The number of ether oxygens (including phenoxy) is 3. The maximum atomic E-state index is 15.1. The largest absolute Gasteiger partial charge is 0.493 e. The summed E-state index contributed by atoms with van der Waals surface area (Å²) in [5, 5.41) is 7.03. The van der Waals surface area contributed by atoms with Crippen molar-refractivity contribution in [2.45, 2.75) is 25.8 Å². The quantitative estimate of drug-likeness (QED) is 0.321. The molecular formula is C32H35FN6O5. The molecule has 44 heavy (non-hydrogen) atoms. The zero-order chi connectivity index (χ0) is 30.6. The molecular weight excluding hydrogens is 567 g/mol. The molecule has 6 rings (SSSR count). The molecule has 0 bridgehead atoms. The Bertz CT molecular complexity index is 1660. The molecule has 2 saturated heterocycles. The number of benzene rings is 2. The lowest BCUT2D eigenvalue weighted by molar-refractivity contribution is 0.00158. The molecule has 11 nitrogen and oxygen atoms in total. The zero-order valence-corrected chi connectivity index (χ0v) is 24.8. The summed E-state index contributed by atoms with van der Waals surface area (Å²) in [7, 11) is 1.57. The number of carbonyl (C=O) groups is 2. The molecule has 4 heterocycles. The molecule has 4 aromatic rings. The Morgan fingerprint density at radius 3 is 2.55 bits per heavy atom. The third kappa shape index (κ3) is 6.08. The van der Waals surface area contributed by atoms with E-state index in [-0.39, 0.29) is 22.9 Å². The van der Waals surface area contributed by atoms with Crippen molar-refractivity contribution in [1.29, 1.82) is 0 Å². The second-order valence-electron chi connectivity index (χ2n) is 10.7. The van der Waals surface area contributed by atoms with E-state index in [9.17, 15) is 9.59 Å². The number of halogens is 1. The highest BCUT2D eigenvalue weighted by Crippen LogP contribution is 2.32. The Labute approximate surface area is 254 Å². The van der Waals surface area contributed by atoms with E-state index in [2.05, 4.69) is 20.3 Å². The molecule has 2 aromatic heterocycles. The van der Waals surface area contributed by atoms with Crippen LogP contribution in [0.4, 0.5) is 10.1 Å². The van der Waals surface area contributed by atoms with Gasteiger partial charge in [0.25, 0.3) is 11.8 Å². The third-order valence-electron chi connectivity index (χ3n) is 8.13. The van der Waals surface area contributed by atoms with Gasteiger partial charge in [-0.2, -0.15) is 5.10 Å². The van der Waals surface area contributed by atoms with E-state index in [1.807, 2.05) is 25.1 Å². The van der Waals surface area contributed by atoms with E-state index < -0.39 is 11.7 Å². The van der Waals surface area contributed by atoms with Gasteiger partial charge in [0.2, 0.25) is 0 Å². The van der Waals surface area contributed by atoms with Crippen LogP contribution < -0.4 is 14.8 Å². The molecule has 2 aliphatic rings. The predicted octanol–water partition coefficient (Wildman–Crippen LogP) is 4.13. The summed E-state index contributed by atoms with van der Waals surface area (Å²) in [5.74, 6) is -0.334. The number of hydrogen-bond acceptors (Lipinski definition) is 8. The van der Waals surface area contributed by atoms with Crippen LogP contribution in [0, 0.1) is 5.82 Å². The molecule has 0 atom stereocenters. The number of likely N-dealkylation sites (tertiary alicyclic amines) is 1. The second kappa shape index (κ2) is 13.0. The Hall–Kier alpha value is -4.55. The highest BCUT2D eigenvalue weighted by molar-refractivity contribution is 6.04. The van der Waals surface area contributed by atoms with Gasteiger partial charge in [0.15, 0.2) is 22.8 Å². The van der Waals surface area contributed by atoms with Gasteiger partial charge in [-0.3, -0.25) is 14.5 Å². The molecule has 2 fully saturated rings. The standard InChI is InChI=1S/C32H35FN6O5/c1-3-44-28-7-5-21(19-29(28)42-2)27-8-11-34-30-20-26(36-39(27)30)31(40)35-25-6-4-22(18-24(25)33)32(41)38-12-9-23(10-13-38)37-14-16-43-17-15-37/h4-8,11,18-20,23H,3,9-10,12-17H2,1-2H3,(H,35,40). The zero-order valence-electron chi connectivity index (χ0n) is 24.8. The van der Waals surface area contributed by atoms with Crippen molar-refractivity contribution in [2.24, 2.45) is 0 Å². The van der Waals surface area contributed by atoms with E-state index in [0.717, 1.165) is 44.7 Å². The van der Waals surface area contributed by atoms with Gasteiger partial charge in [-0.05, 0) is 62.2 Å². The van der Waals surface area contributed by atoms with Gasteiger partial charge in [0, 0.05) is 55.6 Å². The van der Waals surface area contributed by atoms with E-state index in [0.29, 0.717) is 48.6 Å². The van der Waals surface area contributed by atoms with Crippen LogP contribution in [0.1, 0.15) is 40.6 Å². The Balaban J connectivity index is 1.14. The van der Waals surface area contributed by atoms with Crippen molar-refractivity contribution in [2.75, 3.05) is 58.4 Å². The Morgan fingerprint density at radius 2 is 1.82 bits per heavy atom. The van der Waals surface area contributed by atoms with Gasteiger partial charge in [0.05, 0.1) is 38.3 Å². The number of carbonyl (C=O) groups excluding carboxylic acids is 2. The molecule has 0 aliphatic carbocycles. The number of nitrogens with one attached hydrogen (secondary N) is 1. The summed E-state index contributed by atoms with van der Waals surface area (Å²) in [4.78, 5) is 34.8. The SMILES string of the molecule is CCOc1ccc(-c2ccnc3cc(C(=O)Nc4ccc(C(=O)N5CCC(N6CCOCC6)CC5)cc4F)nn23)cc1OC. The van der Waals surface area contributed by atoms with Crippen LogP contribution in [0.2, 0.25) is 0 Å². The van der Waals surface area contributed by atoms with Crippen LogP contribution in [0.15, 0.2) is 54.7 Å². The fourth-order valence-corrected chi connectivity index (χ4v) is 5.82. The number of fused-ring (bicyclic) bond motifs is 1. The number of morpholine rings is 1. The molecule has 1 N–H and O–H groups in total. The molecule has 2 aromatic carbocycles. The number of aromatic nitrogens is 3. The first-order valence-electron chi connectivity index (χ1n) is 14.8. The highest BCUT2D eigenvalue weighted by Gasteiger charge is 2.28. The van der Waals surface area contributed by atoms with Crippen molar-refractivity contribution < 1.29 is 28.2 Å². The van der Waals surface area contributed by atoms with Gasteiger partial charge < -0.3 is 24.4 Å². The summed E-state index contributed by atoms with van der Waals surface area (Å²) in [6.07, 6.45) is 3.38. The minimum Gasteiger partial charge on any atom is -0.493 e. The average Bonchev–Trinajstić information content (AvgIpc) is 3.51. The van der Waals surface area contributed by atoms with Gasteiger partial charge in [-0.25, -0.2) is 13.9 Å². The van der Waals surface area contributed by atoms with Gasteiger partial charge in [0.1, 0.15) is 5.82 Å². The lowest BCUT2D eigenvalue weighted by Crippen LogP contribution is -2.50. The topological polar surface area (TPSA) is 111 Å². The molecule has 0 radical (unpaired) electrons. The number of rotatable bonds is 8. The molecule has 2 amide bonds. The summed E-state index contributed by atoms with van der Waals surface area (Å²) in [6, 6.07) is 13.4. The van der Waals surface area contributed by atoms with Crippen molar-refractivity contribution >= 4 is 23.1 Å². The highest BCUT2D eigenvalue weighted by atomic mass is 19.1. The van der Waals surface area contributed by atoms with Crippen molar-refractivity contribution in [3.05, 3.63) is 71.8 Å². The summed E-state index contributed by atoms with van der Waals surface area (Å²) in [6.45, 7) is 6.96. The lowest BCUT2D eigenvalue weighted by atomic mass is 10.0. The van der Waals surface area contributed by atoms with Crippen molar-refractivity contribution in [3.8, 4) is 22.8 Å². The van der Waals surface area contributed by atoms with Crippen molar-refractivity contribution in [1.82, 2.24) is 24.4 Å². The van der Waals surface area contributed by atoms with Crippen LogP contribution in [0.3, 0.4) is 0 Å². The first kappa shape index (κ1) is 29.5. The predicted molar refractivity (Wildman–Crippen MR) is 162 cm³/mol. The number of piperidine rings is 1. The molecule has 12 heteroatoms. The molecule has 2 aliphatic heterocycles. The number of hydrogen-bond donors (Lipinski definition) is 1. The first-order valence-corrected chi connectivity index (χ1v) is 14.8. The average molecular weight is 603 g/mol. The monoisotopic (exact) mass is 602 g/mol. The minimum absolute atomic E-state index is 0.0425. The van der Waals surface area contributed by atoms with Crippen molar-refractivity contribution in [3.63, 3.8) is 0 Å². The smallest absolute Gasteiger partial charge is 0.276 e. The number of methoxy groups -OCH3 is 1. The van der Waals surface area contributed by atoms with E-state index in [1.165, 1.54) is 24.3 Å². The third-order valence-corrected chi connectivity index (χ3v) is 8.13. The van der Waals surface area contributed by atoms with Crippen LogP contribution in [-0.2, 0) is 4.74 Å². The fourth-order valence-electron chi connectivity index (χ4n) is 5.82. The minimum atomic E-state index is -0.698. The lowest BCUT2D eigenvalue weighted by Gasteiger charge is -2.40. The molecule has 0 saturated carbocycles. The Morgan fingerprint density at radius 1 is 1.02 bits per heavy atom. The molecule has 0 unspecified atom stereocenters. The van der Waals surface area contributed by atoms with Crippen LogP contribution in [0.5, 0.6) is 11.5 Å². The van der Waals surface area contributed by atoms with Gasteiger partial charge >= 0.3 is 0 Å². The maximum absolute atomic E-state index is 15.1. The van der Waals surface area contributed by atoms with E-state index >= 15 is 4.39 Å². The first-order chi connectivity index (χ1) is 21.4. The Kier molecular flexibility index (Phi) is 8.71. The molecule has 0 spiro atoms. The molecule has 230 valence electrons. The summed E-state index contributed by atoms with van der Waals surface area (Å²) >= 11 is 0. The van der Waals surface area contributed by atoms with Crippen LogP contribution in [-0.4, -0.2) is 95.4 Å². The van der Waals surface area contributed by atoms with Crippen LogP contribution >= 0.6 is 0 Å². The number of anilines is 1. The number of nitrogens with zero attached hydrogens (tertiary/aromatic N) is 5. The van der Waals surface area contributed by atoms with Gasteiger partial charge in [-0.15, -0.1) is 0 Å². The summed E-state index contributed by atoms with van der Waals surface area (Å²) < 4.78 is 33.2. The normalized spacial score (nSPS) is 16.2. The van der Waals surface area contributed by atoms with E-state index in [1.54, 1.807) is 28.8 Å². The summed E-state index contributed by atoms with van der Waals surface area (Å²) in [5.41, 5.74) is 2.17. The number of amides is 2. The van der Waals surface area contributed by atoms with E-state index in [4.69, 9.17) is 14.2 Å². The van der Waals surface area contributed by atoms with Gasteiger partial charge in [-0.1, -0.05) is 0 Å². The van der Waals surface area contributed by atoms with Crippen LogP contribution in [0.25, 0.3) is 16.9 Å². The maximum Gasteiger partial charge on any atom is 0.276 e. The fraction of sp³-hybridized carbons (Fsp3) is 0.375.